The summed E-state index contributed by atoms with van der Waals surface area (Å²) in [4.78, 5) is 28.3. The van der Waals surface area contributed by atoms with Gasteiger partial charge in [0.05, 0.1) is 11.1 Å². The number of carbonyl (C=O) groups is 2. The summed E-state index contributed by atoms with van der Waals surface area (Å²) in [6.07, 6.45) is 2.38. The summed E-state index contributed by atoms with van der Waals surface area (Å²) in [6.45, 7) is 0. The third-order valence-electron chi connectivity index (χ3n) is 3.57. The van der Waals surface area contributed by atoms with Crippen LogP contribution in [0.5, 0.6) is 0 Å². The third kappa shape index (κ3) is 4.30. The molecule has 8 heteroatoms. The number of carbonyl (C=O) groups excluding carboxylic acids is 2. The minimum absolute atomic E-state index is 0.0426. The monoisotopic (exact) mass is 371 g/mol. The minimum Gasteiger partial charge on any atom is -0.322 e. The van der Waals surface area contributed by atoms with Gasteiger partial charge in [-0.25, -0.2) is 13.2 Å². The molecule has 0 aliphatic heterocycles. The van der Waals surface area contributed by atoms with Gasteiger partial charge in [-0.3, -0.25) is 14.6 Å². The summed E-state index contributed by atoms with van der Waals surface area (Å²) in [6, 6.07) is 9.51. The molecule has 0 saturated carbocycles. The van der Waals surface area contributed by atoms with Gasteiger partial charge in [0.1, 0.15) is 23.1 Å². The van der Waals surface area contributed by atoms with Gasteiger partial charge in [-0.2, -0.15) is 0 Å². The highest BCUT2D eigenvalue weighted by Gasteiger charge is 2.15. The Bertz CT molecular complexity index is 987. The first-order valence-corrected chi connectivity index (χ1v) is 7.71. The van der Waals surface area contributed by atoms with Crippen molar-refractivity contribution in [2.75, 3.05) is 10.6 Å². The van der Waals surface area contributed by atoms with Crippen LogP contribution in [0.2, 0.25) is 0 Å². The Morgan fingerprint density at radius 2 is 1.33 bits per heavy atom. The van der Waals surface area contributed by atoms with Crippen LogP contribution in [0.25, 0.3) is 0 Å². The predicted octanol–water partition coefficient (Wildman–Crippen LogP) is 4.00. The fourth-order valence-electron chi connectivity index (χ4n) is 2.23. The molecule has 0 fully saturated rings. The summed E-state index contributed by atoms with van der Waals surface area (Å²) in [7, 11) is 0. The van der Waals surface area contributed by atoms with E-state index >= 15 is 0 Å². The molecular formula is C19H12F3N3O2. The Balaban J connectivity index is 1.77. The fourth-order valence-corrected chi connectivity index (χ4v) is 2.23. The van der Waals surface area contributed by atoms with Crippen LogP contribution in [0.4, 0.5) is 24.5 Å². The van der Waals surface area contributed by atoms with Crippen LogP contribution >= 0.6 is 0 Å². The van der Waals surface area contributed by atoms with Gasteiger partial charge in [0.15, 0.2) is 0 Å². The van der Waals surface area contributed by atoms with Crippen LogP contribution in [-0.4, -0.2) is 16.8 Å². The van der Waals surface area contributed by atoms with Crippen molar-refractivity contribution in [2.24, 2.45) is 0 Å². The van der Waals surface area contributed by atoms with E-state index < -0.39 is 35.0 Å². The second kappa shape index (κ2) is 7.69. The zero-order valence-corrected chi connectivity index (χ0v) is 13.7. The first kappa shape index (κ1) is 18.1. The van der Waals surface area contributed by atoms with Crippen LogP contribution in [0.1, 0.15) is 20.7 Å². The molecule has 136 valence electrons. The van der Waals surface area contributed by atoms with E-state index in [1.165, 1.54) is 42.6 Å². The largest absolute Gasteiger partial charge is 0.322 e. The quantitative estimate of drug-likeness (QED) is 0.728. The lowest BCUT2D eigenvalue weighted by Gasteiger charge is -2.09. The van der Waals surface area contributed by atoms with E-state index in [0.717, 1.165) is 18.3 Å². The Kier molecular flexibility index (Phi) is 5.16. The molecule has 0 atom stereocenters. The van der Waals surface area contributed by atoms with E-state index in [4.69, 9.17) is 0 Å². The number of aromatic nitrogens is 1. The van der Waals surface area contributed by atoms with E-state index in [9.17, 15) is 22.8 Å². The maximum Gasteiger partial charge on any atom is 0.257 e. The predicted molar refractivity (Wildman–Crippen MR) is 92.9 cm³/mol. The van der Waals surface area contributed by atoms with Crippen LogP contribution in [-0.2, 0) is 0 Å². The number of rotatable bonds is 4. The fraction of sp³-hybridized carbons (Fsp3) is 0. The molecule has 3 aromatic rings. The number of hydrogen-bond acceptors (Lipinski definition) is 3. The van der Waals surface area contributed by atoms with Crippen LogP contribution in [0.3, 0.4) is 0 Å². The van der Waals surface area contributed by atoms with Gasteiger partial charge >= 0.3 is 0 Å². The van der Waals surface area contributed by atoms with Crippen molar-refractivity contribution < 1.29 is 22.8 Å². The molecule has 1 aromatic heterocycles. The van der Waals surface area contributed by atoms with Crippen molar-refractivity contribution in [2.45, 2.75) is 0 Å². The average Bonchev–Trinajstić information content (AvgIpc) is 2.66. The summed E-state index contributed by atoms with van der Waals surface area (Å²) in [5.74, 6) is -3.72. The number of para-hydroxylation sites is 1. The van der Waals surface area contributed by atoms with Gasteiger partial charge in [-0.1, -0.05) is 6.07 Å². The number of amides is 2. The zero-order chi connectivity index (χ0) is 19.4. The molecule has 0 spiro atoms. The lowest BCUT2D eigenvalue weighted by Crippen LogP contribution is -2.17. The van der Waals surface area contributed by atoms with Gasteiger partial charge in [-0.05, 0) is 42.5 Å². The van der Waals surface area contributed by atoms with Gasteiger partial charge in [0, 0.05) is 18.1 Å². The third-order valence-corrected chi connectivity index (χ3v) is 3.57. The summed E-state index contributed by atoms with van der Waals surface area (Å²) >= 11 is 0. The number of anilines is 2. The molecule has 2 N–H and O–H groups in total. The number of benzene rings is 2. The van der Waals surface area contributed by atoms with Crippen molar-refractivity contribution in [1.82, 2.24) is 4.98 Å². The van der Waals surface area contributed by atoms with Gasteiger partial charge in [0.2, 0.25) is 0 Å². The van der Waals surface area contributed by atoms with Gasteiger partial charge < -0.3 is 10.6 Å². The topological polar surface area (TPSA) is 71.1 Å². The van der Waals surface area contributed by atoms with E-state index in [2.05, 4.69) is 15.6 Å². The van der Waals surface area contributed by atoms with Crippen LogP contribution in [0.15, 0.2) is 60.9 Å². The molecule has 0 aliphatic carbocycles. The van der Waals surface area contributed by atoms with Crippen LogP contribution < -0.4 is 10.6 Å². The smallest absolute Gasteiger partial charge is 0.257 e. The molecule has 0 aliphatic rings. The molecule has 2 aromatic carbocycles. The maximum atomic E-state index is 13.6. The summed E-state index contributed by atoms with van der Waals surface area (Å²) < 4.78 is 40.2. The highest BCUT2D eigenvalue weighted by atomic mass is 19.1. The molecule has 1 heterocycles. The Labute approximate surface area is 151 Å². The van der Waals surface area contributed by atoms with Crippen molar-refractivity contribution in [3.63, 3.8) is 0 Å². The average molecular weight is 371 g/mol. The SMILES string of the molecule is O=C(Nc1ccc(F)cc1)c1cncc(C(=O)Nc2c(F)cccc2F)c1. The van der Waals surface area contributed by atoms with E-state index in [0.29, 0.717) is 5.69 Å². The molecule has 0 unspecified atom stereocenters. The second-order valence-electron chi connectivity index (χ2n) is 5.47. The molecule has 27 heavy (non-hydrogen) atoms. The number of pyridine rings is 1. The zero-order valence-electron chi connectivity index (χ0n) is 13.7. The Hall–Kier alpha value is -3.68. The van der Waals surface area contributed by atoms with Crippen molar-refractivity contribution in [1.29, 1.82) is 0 Å². The van der Waals surface area contributed by atoms with Crippen molar-refractivity contribution in [3.8, 4) is 0 Å². The van der Waals surface area contributed by atoms with Crippen molar-refractivity contribution in [3.05, 3.63) is 89.5 Å². The maximum absolute atomic E-state index is 13.6. The first-order chi connectivity index (χ1) is 12.9. The van der Waals surface area contributed by atoms with Crippen LogP contribution in [0, 0.1) is 17.5 Å². The van der Waals surface area contributed by atoms with E-state index in [1.807, 2.05) is 0 Å². The molecule has 3 rings (SSSR count). The molecule has 2 amide bonds. The standard InChI is InChI=1S/C19H12F3N3O2/c20-13-4-6-14(7-5-13)24-18(26)11-8-12(10-23-9-11)19(27)25-17-15(21)2-1-3-16(17)22/h1-10H,(H,24,26)(H,25,27). The second-order valence-corrected chi connectivity index (χ2v) is 5.47. The Morgan fingerprint density at radius 3 is 1.93 bits per heavy atom. The molecule has 0 bridgehead atoms. The normalized spacial score (nSPS) is 10.3. The Morgan fingerprint density at radius 1 is 0.778 bits per heavy atom. The minimum atomic E-state index is -0.929. The number of hydrogen-bond donors (Lipinski definition) is 2. The van der Waals surface area contributed by atoms with E-state index in [-0.39, 0.29) is 11.1 Å². The van der Waals surface area contributed by atoms with Gasteiger partial charge in [-0.15, -0.1) is 0 Å². The summed E-state index contributed by atoms with van der Waals surface area (Å²) in [5.41, 5.74) is -0.265. The molecule has 0 radical (unpaired) electrons. The molecule has 0 saturated heterocycles. The molecule has 5 nitrogen and oxygen atoms in total. The van der Waals surface area contributed by atoms with E-state index in [1.54, 1.807) is 0 Å². The number of nitrogens with zero attached hydrogens (tertiary/aromatic N) is 1. The number of halogens is 3. The number of nitrogens with one attached hydrogen (secondary N) is 2. The molecular weight excluding hydrogens is 359 g/mol. The van der Waals surface area contributed by atoms with Gasteiger partial charge in [0.25, 0.3) is 11.8 Å². The highest BCUT2D eigenvalue weighted by Crippen LogP contribution is 2.19. The first-order valence-electron chi connectivity index (χ1n) is 7.71. The lowest BCUT2D eigenvalue weighted by atomic mass is 10.1. The lowest BCUT2D eigenvalue weighted by molar-refractivity contribution is 0.102. The van der Waals surface area contributed by atoms with Crippen molar-refractivity contribution >= 4 is 23.2 Å². The summed E-state index contributed by atoms with van der Waals surface area (Å²) in [5, 5.41) is 4.64. The highest BCUT2D eigenvalue weighted by molar-refractivity contribution is 6.08.